The van der Waals surface area contributed by atoms with Crippen molar-refractivity contribution < 1.29 is 14.7 Å². The van der Waals surface area contributed by atoms with Crippen LogP contribution in [0.25, 0.3) is 0 Å². The van der Waals surface area contributed by atoms with Crippen LogP contribution in [0, 0.1) is 0 Å². The number of aliphatic carboxylic acids is 1. The maximum atomic E-state index is 12.1. The molecule has 1 aliphatic rings. The van der Waals surface area contributed by atoms with Gasteiger partial charge in [0.2, 0.25) is 0 Å². The van der Waals surface area contributed by atoms with E-state index in [4.69, 9.17) is 5.11 Å². The SMILES string of the molecule is CSCC[C@H](NC(=O)N1CCn2ccnc2C1)C(=O)O. The standard InChI is InChI=1S/C12H18N4O3S/c1-20-7-2-9(11(17)18)14-12(19)16-6-5-15-4-3-13-10(15)8-16/h3-4,9H,2,5-8H2,1H3,(H,14,19)(H,17,18)/t9-/m0/s1. The first kappa shape index (κ1) is 14.7. The Morgan fingerprint density at radius 3 is 3.05 bits per heavy atom. The van der Waals surface area contributed by atoms with Crippen molar-refractivity contribution in [3.8, 4) is 0 Å². The molecule has 110 valence electrons. The van der Waals surface area contributed by atoms with Gasteiger partial charge in [0.05, 0.1) is 6.54 Å². The molecule has 0 aliphatic carbocycles. The second-order valence-electron chi connectivity index (χ2n) is 4.58. The van der Waals surface area contributed by atoms with Gasteiger partial charge < -0.3 is 19.9 Å². The Bertz CT molecular complexity index is 491. The Hall–Kier alpha value is -1.70. The number of urea groups is 1. The summed E-state index contributed by atoms with van der Waals surface area (Å²) in [7, 11) is 0. The van der Waals surface area contributed by atoms with E-state index in [9.17, 15) is 9.59 Å². The van der Waals surface area contributed by atoms with Crippen molar-refractivity contribution in [2.24, 2.45) is 0 Å². The van der Waals surface area contributed by atoms with Crippen LogP contribution in [0.4, 0.5) is 4.79 Å². The summed E-state index contributed by atoms with van der Waals surface area (Å²) < 4.78 is 1.99. The number of rotatable bonds is 5. The molecule has 2 heterocycles. The minimum Gasteiger partial charge on any atom is -0.480 e. The highest BCUT2D eigenvalue weighted by Gasteiger charge is 2.25. The first-order valence-electron chi connectivity index (χ1n) is 6.39. The zero-order chi connectivity index (χ0) is 14.5. The molecule has 20 heavy (non-hydrogen) atoms. The van der Waals surface area contributed by atoms with E-state index >= 15 is 0 Å². The normalized spacial score (nSPS) is 15.6. The van der Waals surface area contributed by atoms with Crippen LogP contribution in [0.5, 0.6) is 0 Å². The Morgan fingerprint density at radius 2 is 2.35 bits per heavy atom. The van der Waals surface area contributed by atoms with Gasteiger partial charge in [-0.3, -0.25) is 0 Å². The summed E-state index contributed by atoms with van der Waals surface area (Å²) in [6, 6.07) is -1.18. The van der Waals surface area contributed by atoms with E-state index in [1.807, 2.05) is 17.0 Å². The lowest BCUT2D eigenvalue weighted by Crippen LogP contribution is -2.50. The van der Waals surface area contributed by atoms with Gasteiger partial charge in [-0.25, -0.2) is 14.6 Å². The quantitative estimate of drug-likeness (QED) is 0.832. The molecule has 0 fully saturated rings. The van der Waals surface area contributed by atoms with Crippen molar-refractivity contribution in [3.63, 3.8) is 0 Å². The van der Waals surface area contributed by atoms with Crippen molar-refractivity contribution >= 4 is 23.8 Å². The number of carbonyl (C=O) groups excluding carboxylic acids is 1. The van der Waals surface area contributed by atoms with Crippen molar-refractivity contribution in [2.75, 3.05) is 18.6 Å². The lowest BCUT2D eigenvalue weighted by Gasteiger charge is -2.29. The molecule has 2 amide bonds. The third kappa shape index (κ3) is 3.44. The summed E-state index contributed by atoms with van der Waals surface area (Å²) in [4.78, 5) is 29.0. The Labute approximate surface area is 121 Å². The van der Waals surface area contributed by atoms with Crippen LogP contribution in [-0.2, 0) is 17.9 Å². The maximum absolute atomic E-state index is 12.1. The van der Waals surface area contributed by atoms with E-state index in [1.165, 1.54) is 0 Å². The largest absolute Gasteiger partial charge is 0.480 e. The van der Waals surface area contributed by atoms with Gasteiger partial charge in [-0.15, -0.1) is 0 Å². The Kier molecular flexibility index (Phi) is 4.89. The van der Waals surface area contributed by atoms with Crippen molar-refractivity contribution in [2.45, 2.75) is 25.6 Å². The van der Waals surface area contributed by atoms with E-state index in [0.29, 0.717) is 31.8 Å². The minimum atomic E-state index is -0.995. The Balaban J connectivity index is 1.92. The number of hydrogen-bond acceptors (Lipinski definition) is 4. The summed E-state index contributed by atoms with van der Waals surface area (Å²) in [6.07, 6.45) is 5.91. The molecule has 1 aromatic heterocycles. The van der Waals surface area contributed by atoms with Gasteiger partial charge in [-0.05, 0) is 18.4 Å². The second-order valence-corrected chi connectivity index (χ2v) is 5.57. The molecule has 2 rings (SSSR count). The lowest BCUT2D eigenvalue weighted by molar-refractivity contribution is -0.139. The molecule has 0 spiro atoms. The summed E-state index contributed by atoms with van der Waals surface area (Å²) in [5.74, 6) is 0.523. The van der Waals surface area contributed by atoms with Crippen LogP contribution in [0.15, 0.2) is 12.4 Å². The van der Waals surface area contributed by atoms with Crippen LogP contribution in [0.1, 0.15) is 12.2 Å². The van der Waals surface area contributed by atoms with E-state index in [0.717, 1.165) is 5.82 Å². The molecule has 2 N–H and O–H groups in total. The Morgan fingerprint density at radius 1 is 1.55 bits per heavy atom. The van der Waals surface area contributed by atoms with Crippen LogP contribution < -0.4 is 5.32 Å². The van der Waals surface area contributed by atoms with Gasteiger partial charge in [0.1, 0.15) is 11.9 Å². The third-order valence-corrected chi connectivity index (χ3v) is 3.88. The molecule has 0 bridgehead atoms. The number of nitrogens with zero attached hydrogens (tertiary/aromatic N) is 3. The zero-order valence-corrected chi connectivity index (χ0v) is 12.1. The molecule has 8 heteroatoms. The van der Waals surface area contributed by atoms with E-state index in [1.54, 1.807) is 22.9 Å². The van der Waals surface area contributed by atoms with Gasteiger partial charge in [-0.1, -0.05) is 0 Å². The summed E-state index contributed by atoms with van der Waals surface area (Å²) in [6.45, 7) is 1.66. The first-order valence-corrected chi connectivity index (χ1v) is 7.78. The molecule has 0 aromatic carbocycles. The van der Waals surface area contributed by atoms with Crippen LogP contribution in [0.3, 0.4) is 0 Å². The topological polar surface area (TPSA) is 87.5 Å². The fourth-order valence-electron chi connectivity index (χ4n) is 2.08. The highest BCUT2D eigenvalue weighted by Crippen LogP contribution is 2.11. The summed E-state index contributed by atoms with van der Waals surface area (Å²) in [5.41, 5.74) is 0. The van der Waals surface area contributed by atoms with Crippen LogP contribution >= 0.6 is 11.8 Å². The van der Waals surface area contributed by atoms with Gasteiger partial charge in [0.15, 0.2) is 0 Å². The first-order chi connectivity index (χ1) is 9.61. The maximum Gasteiger partial charge on any atom is 0.326 e. The second kappa shape index (κ2) is 6.65. The van der Waals surface area contributed by atoms with E-state index in [-0.39, 0.29) is 6.03 Å². The zero-order valence-electron chi connectivity index (χ0n) is 11.3. The molecule has 0 saturated heterocycles. The predicted molar refractivity (Wildman–Crippen MR) is 75.6 cm³/mol. The molecular formula is C12H18N4O3S. The van der Waals surface area contributed by atoms with Gasteiger partial charge in [0.25, 0.3) is 0 Å². The average Bonchev–Trinajstić information content (AvgIpc) is 2.90. The number of fused-ring (bicyclic) bond motifs is 1. The average molecular weight is 298 g/mol. The number of carbonyl (C=O) groups is 2. The molecule has 0 unspecified atom stereocenters. The number of carboxylic acid groups (broad SMARTS) is 1. The molecular weight excluding hydrogens is 280 g/mol. The molecule has 7 nitrogen and oxygen atoms in total. The fraction of sp³-hybridized carbons (Fsp3) is 0.583. The number of imidazole rings is 1. The van der Waals surface area contributed by atoms with Crippen molar-refractivity contribution in [1.82, 2.24) is 19.8 Å². The number of hydrogen-bond donors (Lipinski definition) is 2. The summed E-state index contributed by atoms with van der Waals surface area (Å²) >= 11 is 1.56. The van der Waals surface area contributed by atoms with Crippen LogP contribution in [-0.4, -0.2) is 56.2 Å². The number of aromatic nitrogens is 2. The molecule has 0 saturated carbocycles. The number of nitrogens with one attached hydrogen (secondary N) is 1. The predicted octanol–water partition coefficient (Wildman–Crippen LogP) is 0.615. The van der Waals surface area contributed by atoms with Gasteiger partial charge >= 0.3 is 12.0 Å². The smallest absolute Gasteiger partial charge is 0.326 e. The highest BCUT2D eigenvalue weighted by molar-refractivity contribution is 7.98. The number of carboxylic acids is 1. The molecule has 1 aliphatic heterocycles. The minimum absolute atomic E-state index is 0.340. The fourth-order valence-corrected chi connectivity index (χ4v) is 2.55. The molecule has 1 atom stereocenters. The van der Waals surface area contributed by atoms with E-state index in [2.05, 4.69) is 10.3 Å². The molecule has 1 aromatic rings. The van der Waals surface area contributed by atoms with Crippen molar-refractivity contribution in [1.29, 1.82) is 0 Å². The number of amides is 2. The third-order valence-electron chi connectivity index (χ3n) is 3.24. The van der Waals surface area contributed by atoms with Crippen molar-refractivity contribution in [3.05, 3.63) is 18.2 Å². The molecule has 0 radical (unpaired) electrons. The van der Waals surface area contributed by atoms with Crippen LogP contribution in [0.2, 0.25) is 0 Å². The number of thioether (sulfide) groups is 1. The lowest BCUT2D eigenvalue weighted by atomic mass is 10.2. The van der Waals surface area contributed by atoms with E-state index < -0.39 is 12.0 Å². The highest BCUT2D eigenvalue weighted by atomic mass is 32.2. The van der Waals surface area contributed by atoms with Gasteiger partial charge in [0, 0.05) is 25.5 Å². The monoisotopic (exact) mass is 298 g/mol. The van der Waals surface area contributed by atoms with Gasteiger partial charge in [-0.2, -0.15) is 11.8 Å². The summed E-state index contributed by atoms with van der Waals surface area (Å²) in [5, 5.41) is 11.7.